The van der Waals surface area contributed by atoms with Crippen molar-refractivity contribution in [3.05, 3.63) is 99.8 Å². The summed E-state index contributed by atoms with van der Waals surface area (Å²) < 4.78 is 0. The number of nitrogens with zero attached hydrogens (tertiary/aromatic N) is 2. The molecule has 1 saturated carbocycles. The molecule has 1 N–H and O–H groups in total. The van der Waals surface area contributed by atoms with Gasteiger partial charge < -0.3 is 10.2 Å². The van der Waals surface area contributed by atoms with Gasteiger partial charge in [-0.1, -0.05) is 29.8 Å². The molecule has 0 aliphatic heterocycles. The third kappa shape index (κ3) is 4.96. The lowest BCUT2D eigenvalue weighted by molar-refractivity contribution is 0.0689. The van der Waals surface area contributed by atoms with Crippen LogP contribution in [0.15, 0.2) is 67.0 Å². The number of halogens is 1. The first kappa shape index (κ1) is 23.6. The Morgan fingerprint density at radius 3 is 2.46 bits per heavy atom. The molecule has 1 aromatic heterocycles. The lowest BCUT2D eigenvalue weighted by Gasteiger charge is -2.35. The molecule has 1 heterocycles. The standard InChI is InChI=1S/C29H30ClN3O2/c1-33(23-11-8-19(9-12-23)20-14-16-31-17-15-20)29(35)22-7-6-21-10-13-27(25(21)18-22)32-28(34)24-4-2-3-5-26(24)30/h2-7,14-19,23,27H,8-13H2,1H3,(H,32,34)/t19?,23?,27-/m1/s1. The number of rotatable bonds is 5. The van der Waals surface area contributed by atoms with Crippen molar-refractivity contribution >= 4 is 23.4 Å². The van der Waals surface area contributed by atoms with Crippen LogP contribution in [0.25, 0.3) is 0 Å². The number of aryl methyl sites for hydroxylation is 1. The van der Waals surface area contributed by atoms with E-state index >= 15 is 0 Å². The number of hydrogen-bond donors (Lipinski definition) is 1. The predicted octanol–water partition coefficient (Wildman–Crippen LogP) is 5.95. The first-order valence-electron chi connectivity index (χ1n) is 12.4. The number of carbonyl (C=O) groups is 2. The number of carbonyl (C=O) groups excluding carboxylic acids is 2. The summed E-state index contributed by atoms with van der Waals surface area (Å²) >= 11 is 6.21. The van der Waals surface area contributed by atoms with Crippen molar-refractivity contribution in [3.8, 4) is 0 Å². The van der Waals surface area contributed by atoms with Gasteiger partial charge in [0.15, 0.2) is 0 Å². The molecule has 1 atom stereocenters. The van der Waals surface area contributed by atoms with E-state index in [-0.39, 0.29) is 23.9 Å². The van der Waals surface area contributed by atoms with Gasteiger partial charge in [0.2, 0.25) is 0 Å². The Morgan fingerprint density at radius 1 is 0.971 bits per heavy atom. The van der Waals surface area contributed by atoms with E-state index in [0.29, 0.717) is 22.1 Å². The fraction of sp³-hybridized carbons (Fsp3) is 0.345. The minimum atomic E-state index is -0.187. The van der Waals surface area contributed by atoms with Crippen molar-refractivity contribution in [2.75, 3.05) is 7.05 Å². The van der Waals surface area contributed by atoms with Crippen LogP contribution in [0.4, 0.5) is 0 Å². The Labute approximate surface area is 211 Å². The van der Waals surface area contributed by atoms with E-state index in [2.05, 4.69) is 22.4 Å². The fourth-order valence-electron chi connectivity index (χ4n) is 5.57. The van der Waals surface area contributed by atoms with Crippen molar-refractivity contribution in [1.82, 2.24) is 15.2 Å². The zero-order valence-corrected chi connectivity index (χ0v) is 20.7. The molecule has 2 aliphatic carbocycles. The second-order valence-electron chi connectivity index (χ2n) is 9.66. The molecule has 6 heteroatoms. The minimum Gasteiger partial charge on any atom is -0.345 e. The number of aromatic nitrogens is 1. The Morgan fingerprint density at radius 2 is 1.71 bits per heavy atom. The van der Waals surface area contributed by atoms with E-state index in [4.69, 9.17) is 11.6 Å². The third-order valence-corrected chi connectivity index (χ3v) is 7.97. The van der Waals surface area contributed by atoms with Crippen LogP contribution in [0.2, 0.25) is 5.02 Å². The van der Waals surface area contributed by atoms with Crippen LogP contribution in [0.3, 0.4) is 0 Å². The van der Waals surface area contributed by atoms with Gasteiger partial charge in [0.25, 0.3) is 11.8 Å². The molecule has 0 bridgehead atoms. The maximum absolute atomic E-state index is 13.4. The first-order chi connectivity index (χ1) is 17.0. The third-order valence-electron chi connectivity index (χ3n) is 7.64. The predicted molar refractivity (Wildman–Crippen MR) is 138 cm³/mol. The number of fused-ring (bicyclic) bond motifs is 1. The van der Waals surface area contributed by atoms with E-state index in [9.17, 15) is 9.59 Å². The molecular formula is C29H30ClN3O2. The lowest BCUT2D eigenvalue weighted by atomic mass is 9.81. The Balaban J connectivity index is 1.25. The highest BCUT2D eigenvalue weighted by Gasteiger charge is 2.30. The molecule has 2 aliphatic rings. The van der Waals surface area contributed by atoms with E-state index < -0.39 is 0 Å². The number of amides is 2. The van der Waals surface area contributed by atoms with Gasteiger partial charge in [-0.3, -0.25) is 14.6 Å². The van der Waals surface area contributed by atoms with Crippen LogP contribution >= 0.6 is 11.6 Å². The smallest absolute Gasteiger partial charge is 0.253 e. The van der Waals surface area contributed by atoms with Crippen LogP contribution in [-0.2, 0) is 6.42 Å². The summed E-state index contributed by atoms with van der Waals surface area (Å²) in [6.07, 6.45) is 9.56. The SMILES string of the molecule is CN(C(=O)c1ccc2c(c1)[C@H](NC(=O)c1ccccc1Cl)CC2)C1CCC(c2ccncc2)CC1. The van der Waals surface area contributed by atoms with Gasteiger partial charge in [0.05, 0.1) is 16.6 Å². The molecule has 0 saturated heterocycles. The van der Waals surface area contributed by atoms with Gasteiger partial charge in [0, 0.05) is 31.0 Å². The summed E-state index contributed by atoms with van der Waals surface area (Å²) in [6.45, 7) is 0. The topological polar surface area (TPSA) is 62.3 Å². The first-order valence-corrected chi connectivity index (χ1v) is 12.7. The van der Waals surface area contributed by atoms with E-state index in [1.165, 1.54) is 11.1 Å². The molecule has 3 aromatic rings. The van der Waals surface area contributed by atoms with Gasteiger partial charge in [0.1, 0.15) is 0 Å². The second kappa shape index (κ2) is 10.2. The van der Waals surface area contributed by atoms with E-state index in [0.717, 1.165) is 44.1 Å². The Hall–Kier alpha value is -3.18. The van der Waals surface area contributed by atoms with Crippen LogP contribution in [0.5, 0.6) is 0 Å². The van der Waals surface area contributed by atoms with Crippen LogP contribution in [0, 0.1) is 0 Å². The van der Waals surface area contributed by atoms with Gasteiger partial charge in [-0.15, -0.1) is 0 Å². The summed E-state index contributed by atoms with van der Waals surface area (Å²) in [6, 6.07) is 17.3. The summed E-state index contributed by atoms with van der Waals surface area (Å²) in [7, 11) is 1.92. The summed E-state index contributed by atoms with van der Waals surface area (Å²) in [5, 5.41) is 3.56. The molecule has 0 spiro atoms. The van der Waals surface area contributed by atoms with Crippen molar-refractivity contribution in [2.45, 2.75) is 56.5 Å². The van der Waals surface area contributed by atoms with Crippen molar-refractivity contribution in [3.63, 3.8) is 0 Å². The zero-order valence-electron chi connectivity index (χ0n) is 19.9. The largest absolute Gasteiger partial charge is 0.345 e. The molecule has 35 heavy (non-hydrogen) atoms. The van der Waals surface area contributed by atoms with Gasteiger partial charge in [-0.2, -0.15) is 0 Å². The van der Waals surface area contributed by atoms with Crippen LogP contribution in [-0.4, -0.2) is 34.8 Å². The highest BCUT2D eigenvalue weighted by atomic mass is 35.5. The molecule has 180 valence electrons. The molecule has 0 unspecified atom stereocenters. The van der Waals surface area contributed by atoms with Gasteiger partial charge in [-0.05, 0) is 97.5 Å². The molecule has 5 nitrogen and oxygen atoms in total. The molecule has 1 fully saturated rings. The number of nitrogens with one attached hydrogen (secondary N) is 1. The zero-order chi connectivity index (χ0) is 24.4. The average molecular weight is 488 g/mol. The highest BCUT2D eigenvalue weighted by Crippen LogP contribution is 2.36. The van der Waals surface area contributed by atoms with Crippen molar-refractivity contribution in [2.24, 2.45) is 0 Å². The number of hydrogen-bond acceptors (Lipinski definition) is 3. The van der Waals surface area contributed by atoms with E-state index in [1.807, 2.05) is 48.6 Å². The maximum Gasteiger partial charge on any atom is 0.253 e. The monoisotopic (exact) mass is 487 g/mol. The van der Waals surface area contributed by atoms with Crippen molar-refractivity contribution < 1.29 is 9.59 Å². The summed E-state index contributed by atoms with van der Waals surface area (Å²) in [5.74, 6) is 0.400. The number of benzene rings is 2. The summed E-state index contributed by atoms with van der Waals surface area (Å²) in [4.78, 5) is 32.3. The van der Waals surface area contributed by atoms with Gasteiger partial charge in [-0.25, -0.2) is 0 Å². The minimum absolute atomic E-state index is 0.0447. The van der Waals surface area contributed by atoms with Crippen LogP contribution in [0.1, 0.15) is 81.5 Å². The highest BCUT2D eigenvalue weighted by molar-refractivity contribution is 6.33. The molecule has 2 aromatic carbocycles. The second-order valence-corrected chi connectivity index (χ2v) is 10.1. The molecule has 2 amide bonds. The summed E-state index contributed by atoms with van der Waals surface area (Å²) in [5.41, 5.74) is 4.71. The van der Waals surface area contributed by atoms with Crippen LogP contribution < -0.4 is 5.32 Å². The number of pyridine rings is 1. The molecular weight excluding hydrogens is 458 g/mol. The molecule has 0 radical (unpaired) electrons. The average Bonchev–Trinajstić information content (AvgIpc) is 3.30. The molecule has 5 rings (SSSR count). The quantitative estimate of drug-likeness (QED) is 0.483. The lowest BCUT2D eigenvalue weighted by Crippen LogP contribution is -2.39. The van der Waals surface area contributed by atoms with Gasteiger partial charge >= 0.3 is 0 Å². The maximum atomic E-state index is 13.4. The Kier molecular flexibility index (Phi) is 6.87. The Bertz CT molecular complexity index is 1220. The fourth-order valence-corrected chi connectivity index (χ4v) is 5.79. The van der Waals surface area contributed by atoms with E-state index in [1.54, 1.807) is 18.2 Å². The normalized spacial score (nSPS) is 21.3. The van der Waals surface area contributed by atoms with Crippen molar-refractivity contribution in [1.29, 1.82) is 0 Å².